The molecule has 9 heteroatoms. The Hall–Kier alpha value is -3.72. The molecule has 2 aromatic carbocycles. The van der Waals surface area contributed by atoms with Crippen molar-refractivity contribution in [1.29, 1.82) is 0 Å². The Bertz CT molecular complexity index is 1440. The number of aryl methyl sites for hydroxylation is 1. The zero-order chi connectivity index (χ0) is 25.2. The number of hydrogen-bond donors (Lipinski definition) is 1. The molecular formula is C27H31FN6O2. The Morgan fingerprint density at radius 1 is 1.06 bits per heavy atom. The number of carbonyl (C=O) groups is 1. The highest BCUT2D eigenvalue weighted by atomic mass is 19.1. The average Bonchev–Trinajstić information content (AvgIpc) is 3.24. The molecule has 1 saturated heterocycles. The molecule has 1 amide bonds. The molecule has 0 unspecified atom stereocenters. The van der Waals surface area contributed by atoms with E-state index in [1.54, 1.807) is 13.2 Å². The Morgan fingerprint density at radius 2 is 1.78 bits per heavy atom. The van der Waals surface area contributed by atoms with Crippen LogP contribution in [0, 0.1) is 5.82 Å². The van der Waals surface area contributed by atoms with E-state index in [0.29, 0.717) is 12.1 Å². The smallest absolute Gasteiger partial charge is 0.291 e. The van der Waals surface area contributed by atoms with Gasteiger partial charge in [-0.25, -0.2) is 9.07 Å². The van der Waals surface area contributed by atoms with E-state index in [1.807, 2.05) is 47.9 Å². The van der Waals surface area contributed by atoms with Gasteiger partial charge < -0.3 is 14.8 Å². The molecule has 1 aliphatic heterocycles. The van der Waals surface area contributed by atoms with Crippen LogP contribution in [0.1, 0.15) is 19.4 Å². The largest absolute Gasteiger partial charge is 0.369 e. The molecule has 8 nitrogen and oxygen atoms in total. The lowest BCUT2D eigenvalue weighted by molar-refractivity contribution is -0.123. The van der Waals surface area contributed by atoms with Crippen LogP contribution in [0.3, 0.4) is 0 Å². The second kappa shape index (κ2) is 10.1. The minimum absolute atomic E-state index is 0.113. The monoisotopic (exact) mass is 490 g/mol. The van der Waals surface area contributed by atoms with Crippen LogP contribution in [-0.4, -0.2) is 64.4 Å². The number of benzene rings is 2. The molecule has 3 heterocycles. The van der Waals surface area contributed by atoms with Crippen molar-refractivity contribution in [3.05, 3.63) is 70.9 Å². The number of anilines is 1. The van der Waals surface area contributed by atoms with Crippen LogP contribution in [0.2, 0.25) is 0 Å². The van der Waals surface area contributed by atoms with Gasteiger partial charge in [0.1, 0.15) is 17.4 Å². The number of amides is 1. The number of nitrogens with zero attached hydrogens (tertiary/aromatic N) is 5. The summed E-state index contributed by atoms with van der Waals surface area (Å²) in [5.41, 5.74) is 2.17. The van der Waals surface area contributed by atoms with Gasteiger partial charge in [0.05, 0.1) is 11.7 Å². The summed E-state index contributed by atoms with van der Waals surface area (Å²) in [6, 6.07) is 13.8. The Labute approximate surface area is 208 Å². The van der Waals surface area contributed by atoms with Crippen LogP contribution < -0.4 is 15.8 Å². The van der Waals surface area contributed by atoms with Gasteiger partial charge in [0.25, 0.3) is 5.56 Å². The summed E-state index contributed by atoms with van der Waals surface area (Å²) >= 11 is 0. The molecule has 5 rings (SSSR count). The number of nitrogens with one attached hydrogen (secondary N) is 1. The minimum atomic E-state index is -0.540. The molecule has 1 atom stereocenters. The van der Waals surface area contributed by atoms with E-state index in [4.69, 9.17) is 0 Å². The average molecular weight is 491 g/mol. The molecule has 188 valence electrons. The molecule has 36 heavy (non-hydrogen) atoms. The first-order valence-corrected chi connectivity index (χ1v) is 12.4. The van der Waals surface area contributed by atoms with E-state index in [-0.39, 0.29) is 17.3 Å². The summed E-state index contributed by atoms with van der Waals surface area (Å²) in [4.78, 5) is 30.7. The summed E-state index contributed by atoms with van der Waals surface area (Å²) in [7, 11) is 1.62. The third-order valence-electron chi connectivity index (χ3n) is 7.09. The third kappa shape index (κ3) is 4.58. The predicted octanol–water partition coefficient (Wildman–Crippen LogP) is 2.92. The van der Waals surface area contributed by atoms with Gasteiger partial charge in [0.15, 0.2) is 0 Å². The number of halogens is 1. The number of rotatable bonds is 7. The van der Waals surface area contributed by atoms with E-state index < -0.39 is 6.04 Å². The number of hydrogen-bond acceptors (Lipinski definition) is 5. The second-order valence-electron chi connectivity index (χ2n) is 9.35. The lowest BCUT2D eigenvalue weighted by atomic mass is 10.2. The predicted molar refractivity (Wildman–Crippen MR) is 140 cm³/mol. The molecule has 0 bridgehead atoms. The number of carbonyl (C=O) groups excluding carboxylic acids is 1. The van der Waals surface area contributed by atoms with Crippen LogP contribution in [0.5, 0.6) is 0 Å². The fourth-order valence-electron chi connectivity index (χ4n) is 5.05. The molecule has 2 aromatic heterocycles. The standard InChI is InChI=1S/C27H31FN6O2/c1-19(34-24-7-4-3-6-22(24)23-18-30-31(2)27(36)25(23)34)26(35)29-12-5-13-32-14-16-33(17-15-32)21-10-8-20(28)9-11-21/h3-4,6-11,18-19H,5,12-17H2,1-2H3,(H,29,35)/t19-/m0/s1. The fraction of sp³-hybridized carbons (Fsp3) is 0.370. The summed E-state index contributed by atoms with van der Waals surface area (Å²) in [6.45, 7) is 6.95. The van der Waals surface area contributed by atoms with Crippen molar-refractivity contribution in [2.24, 2.45) is 7.05 Å². The summed E-state index contributed by atoms with van der Waals surface area (Å²) < 4.78 is 16.3. The first-order valence-electron chi connectivity index (χ1n) is 12.4. The zero-order valence-electron chi connectivity index (χ0n) is 20.7. The summed E-state index contributed by atoms with van der Waals surface area (Å²) in [5.74, 6) is -0.330. The normalized spacial score (nSPS) is 15.5. The quantitative estimate of drug-likeness (QED) is 0.403. The van der Waals surface area contributed by atoms with E-state index in [1.165, 1.54) is 16.8 Å². The van der Waals surface area contributed by atoms with Crippen molar-refractivity contribution in [2.45, 2.75) is 19.4 Å². The summed E-state index contributed by atoms with van der Waals surface area (Å²) in [6.07, 6.45) is 2.53. The molecule has 1 aliphatic rings. The molecule has 1 fully saturated rings. The Morgan fingerprint density at radius 3 is 2.53 bits per heavy atom. The van der Waals surface area contributed by atoms with Crippen molar-refractivity contribution < 1.29 is 9.18 Å². The maximum atomic E-state index is 13.2. The van der Waals surface area contributed by atoms with Gasteiger partial charge in [0, 0.05) is 56.2 Å². The van der Waals surface area contributed by atoms with Crippen LogP contribution in [0.25, 0.3) is 21.8 Å². The Balaban J connectivity index is 1.18. The van der Waals surface area contributed by atoms with Gasteiger partial charge in [-0.05, 0) is 50.2 Å². The van der Waals surface area contributed by atoms with E-state index in [9.17, 15) is 14.0 Å². The molecule has 4 aromatic rings. The summed E-state index contributed by atoms with van der Waals surface area (Å²) in [5, 5.41) is 8.90. The SMILES string of the molecule is C[C@@H](C(=O)NCCCN1CCN(c2ccc(F)cc2)CC1)n1c2ccccc2c2cnn(C)c(=O)c21. The van der Waals surface area contributed by atoms with Crippen LogP contribution in [0.4, 0.5) is 10.1 Å². The van der Waals surface area contributed by atoms with E-state index >= 15 is 0 Å². The van der Waals surface area contributed by atoms with Crippen molar-refractivity contribution in [3.8, 4) is 0 Å². The highest BCUT2D eigenvalue weighted by Gasteiger charge is 2.23. The number of piperazine rings is 1. The fourth-order valence-corrected chi connectivity index (χ4v) is 5.05. The highest BCUT2D eigenvalue weighted by molar-refractivity contribution is 6.08. The van der Waals surface area contributed by atoms with Crippen molar-refractivity contribution >= 4 is 33.4 Å². The van der Waals surface area contributed by atoms with Gasteiger partial charge in [0.2, 0.25) is 5.91 Å². The lowest BCUT2D eigenvalue weighted by Gasteiger charge is -2.36. The maximum absolute atomic E-state index is 13.2. The molecular weight excluding hydrogens is 459 g/mol. The number of para-hydroxylation sites is 1. The van der Waals surface area contributed by atoms with Crippen LogP contribution in [-0.2, 0) is 11.8 Å². The van der Waals surface area contributed by atoms with Crippen molar-refractivity contribution in [2.75, 3.05) is 44.2 Å². The van der Waals surface area contributed by atoms with E-state index in [0.717, 1.165) is 61.1 Å². The number of aromatic nitrogens is 3. The minimum Gasteiger partial charge on any atom is -0.369 e. The van der Waals surface area contributed by atoms with Gasteiger partial charge in [-0.15, -0.1) is 0 Å². The highest BCUT2D eigenvalue weighted by Crippen LogP contribution is 2.29. The zero-order valence-corrected chi connectivity index (χ0v) is 20.7. The van der Waals surface area contributed by atoms with E-state index in [2.05, 4.69) is 20.2 Å². The lowest BCUT2D eigenvalue weighted by Crippen LogP contribution is -2.47. The second-order valence-corrected chi connectivity index (χ2v) is 9.35. The van der Waals surface area contributed by atoms with Gasteiger partial charge >= 0.3 is 0 Å². The number of fused-ring (bicyclic) bond motifs is 3. The first kappa shape index (κ1) is 24.0. The van der Waals surface area contributed by atoms with Crippen LogP contribution in [0.15, 0.2) is 59.5 Å². The molecule has 0 radical (unpaired) electrons. The maximum Gasteiger partial charge on any atom is 0.291 e. The van der Waals surface area contributed by atoms with Gasteiger partial charge in [-0.1, -0.05) is 18.2 Å². The first-order chi connectivity index (χ1) is 17.4. The van der Waals surface area contributed by atoms with Crippen LogP contribution >= 0.6 is 0 Å². The molecule has 1 N–H and O–H groups in total. The topological polar surface area (TPSA) is 75.4 Å². The Kier molecular flexibility index (Phi) is 6.73. The van der Waals surface area contributed by atoms with Gasteiger partial charge in [-0.2, -0.15) is 5.10 Å². The third-order valence-corrected chi connectivity index (χ3v) is 7.09. The molecule has 0 saturated carbocycles. The molecule has 0 spiro atoms. The van der Waals surface area contributed by atoms with Crippen molar-refractivity contribution in [3.63, 3.8) is 0 Å². The molecule has 0 aliphatic carbocycles. The van der Waals surface area contributed by atoms with Gasteiger partial charge in [-0.3, -0.25) is 14.5 Å². The van der Waals surface area contributed by atoms with Crippen molar-refractivity contribution in [1.82, 2.24) is 24.6 Å².